The number of hydrogen-bond acceptors (Lipinski definition) is 2. The van der Waals surface area contributed by atoms with E-state index in [0.717, 1.165) is 19.3 Å². The highest BCUT2D eigenvalue weighted by atomic mass is 79.9. The fraction of sp³-hybridized carbons (Fsp3) is 0.538. The maximum Gasteiger partial charge on any atom is 0.139 e. The van der Waals surface area contributed by atoms with E-state index in [9.17, 15) is 4.39 Å². The third-order valence-corrected chi connectivity index (χ3v) is 4.13. The molecule has 0 saturated heterocycles. The van der Waals surface area contributed by atoms with Crippen molar-refractivity contribution in [2.45, 2.75) is 45.6 Å². The molecule has 1 rings (SSSR count). The highest BCUT2D eigenvalue weighted by Crippen LogP contribution is 2.32. The van der Waals surface area contributed by atoms with Crippen LogP contribution < -0.4 is 11.1 Å². The second-order valence-electron chi connectivity index (χ2n) is 4.32. The number of benzene rings is 1. The maximum atomic E-state index is 13.5. The molecule has 0 aliphatic carbocycles. The van der Waals surface area contributed by atoms with Gasteiger partial charge in [-0.2, -0.15) is 0 Å². The summed E-state index contributed by atoms with van der Waals surface area (Å²) in [6.07, 6.45) is 2.95. The maximum absolute atomic E-state index is 13.5. The van der Waals surface area contributed by atoms with Gasteiger partial charge in [0.25, 0.3) is 0 Å². The van der Waals surface area contributed by atoms with E-state index in [2.05, 4.69) is 42.0 Å². The summed E-state index contributed by atoms with van der Waals surface area (Å²) in [5.74, 6) is -0.293. The van der Waals surface area contributed by atoms with Crippen LogP contribution in [0.5, 0.6) is 0 Å². The van der Waals surface area contributed by atoms with Gasteiger partial charge in [-0.05, 0) is 41.3 Å². The van der Waals surface area contributed by atoms with E-state index in [1.807, 2.05) is 0 Å². The van der Waals surface area contributed by atoms with Gasteiger partial charge in [0, 0.05) is 11.6 Å². The molecule has 0 amide bonds. The lowest BCUT2D eigenvalue weighted by molar-refractivity contribution is 0.420. The molecular weight excluding hydrogens is 283 g/mol. The van der Waals surface area contributed by atoms with E-state index in [1.165, 1.54) is 6.07 Å². The first-order valence-electron chi connectivity index (χ1n) is 6.00. The zero-order valence-electron chi connectivity index (χ0n) is 10.6. The van der Waals surface area contributed by atoms with E-state index in [0.29, 0.717) is 15.8 Å². The Balaban J connectivity index is 3.05. The lowest BCUT2D eigenvalue weighted by Crippen LogP contribution is -2.36. The lowest BCUT2D eigenvalue weighted by Gasteiger charge is -2.33. The average molecular weight is 303 g/mol. The number of anilines is 2. The van der Waals surface area contributed by atoms with Crippen molar-refractivity contribution in [1.29, 1.82) is 0 Å². The molecule has 1 aromatic carbocycles. The van der Waals surface area contributed by atoms with Gasteiger partial charge >= 0.3 is 0 Å². The SMILES string of the molecule is CCC(CC)(CC)Nc1cc(F)c(Br)cc1N. The molecule has 17 heavy (non-hydrogen) atoms. The third kappa shape index (κ3) is 3.12. The molecule has 0 spiro atoms. The fourth-order valence-electron chi connectivity index (χ4n) is 1.97. The highest BCUT2D eigenvalue weighted by molar-refractivity contribution is 9.10. The normalized spacial score (nSPS) is 11.6. The van der Waals surface area contributed by atoms with Gasteiger partial charge in [0.2, 0.25) is 0 Å². The molecule has 3 N–H and O–H groups in total. The van der Waals surface area contributed by atoms with Crippen molar-refractivity contribution in [1.82, 2.24) is 0 Å². The molecule has 96 valence electrons. The van der Waals surface area contributed by atoms with Crippen molar-refractivity contribution in [3.05, 3.63) is 22.4 Å². The number of hydrogen-bond donors (Lipinski definition) is 2. The number of rotatable bonds is 5. The van der Waals surface area contributed by atoms with Crippen LogP contribution in [0.2, 0.25) is 0 Å². The van der Waals surface area contributed by atoms with E-state index in [-0.39, 0.29) is 11.4 Å². The van der Waals surface area contributed by atoms with Crippen molar-refractivity contribution >= 4 is 27.3 Å². The summed E-state index contributed by atoms with van der Waals surface area (Å²) in [6.45, 7) is 6.39. The van der Waals surface area contributed by atoms with Crippen LogP contribution in [0.4, 0.5) is 15.8 Å². The molecular formula is C13H20BrFN2. The number of nitrogens with one attached hydrogen (secondary N) is 1. The van der Waals surface area contributed by atoms with Crippen LogP contribution in [0.3, 0.4) is 0 Å². The van der Waals surface area contributed by atoms with Gasteiger partial charge in [-0.25, -0.2) is 4.39 Å². The topological polar surface area (TPSA) is 38.0 Å². The van der Waals surface area contributed by atoms with Crippen molar-refractivity contribution in [2.75, 3.05) is 11.1 Å². The third-order valence-electron chi connectivity index (χ3n) is 3.52. The summed E-state index contributed by atoms with van der Waals surface area (Å²) >= 11 is 3.13. The smallest absolute Gasteiger partial charge is 0.139 e. The van der Waals surface area contributed by atoms with Gasteiger partial charge in [0.05, 0.1) is 15.8 Å². The van der Waals surface area contributed by atoms with Gasteiger partial charge in [-0.3, -0.25) is 0 Å². The second-order valence-corrected chi connectivity index (χ2v) is 5.17. The number of nitrogens with two attached hydrogens (primary N) is 1. The molecule has 0 aromatic heterocycles. The van der Waals surface area contributed by atoms with Crippen molar-refractivity contribution in [2.24, 2.45) is 0 Å². The first kappa shape index (κ1) is 14.3. The molecule has 0 heterocycles. The quantitative estimate of drug-likeness (QED) is 0.783. The van der Waals surface area contributed by atoms with E-state index >= 15 is 0 Å². The van der Waals surface area contributed by atoms with Crippen LogP contribution in [0.1, 0.15) is 40.0 Å². The molecule has 4 heteroatoms. The first-order valence-corrected chi connectivity index (χ1v) is 6.80. The van der Waals surface area contributed by atoms with Gasteiger partial charge in [-0.1, -0.05) is 20.8 Å². The summed E-state index contributed by atoms with van der Waals surface area (Å²) < 4.78 is 13.9. The van der Waals surface area contributed by atoms with Crippen LogP contribution >= 0.6 is 15.9 Å². The second kappa shape index (κ2) is 5.71. The molecule has 0 aliphatic heterocycles. The molecule has 0 aliphatic rings. The highest BCUT2D eigenvalue weighted by Gasteiger charge is 2.24. The van der Waals surface area contributed by atoms with Gasteiger partial charge in [-0.15, -0.1) is 0 Å². The fourth-order valence-corrected chi connectivity index (χ4v) is 2.33. The molecule has 0 saturated carbocycles. The van der Waals surface area contributed by atoms with Crippen LogP contribution in [0, 0.1) is 5.82 Å². The predicted octanol–water partition coefficient (Wildman–Crippen LogP) is 4.55. The molecule has 0 fully saturated rings. The van der Waals surface area contributed by atoms with Crippen LogP contribution in [-0.4, -0.2) is 5.54 Å². The van der Waals surface area contributed by atoms with Crippen molar-refractivity contribution in [3.8, 4) is 0 Å². The molecule has 0 atom stereocenters. The molecule has 0 unspecified atom stereocenters. The van der Waals surface area contributed by atoms with Crippen LogP contribution in [0.25, 0.3) is 0 Å². The number of nitrogen functional groups attached to an aromatic ring is 1. The minimum absolute atomic E-state index is 0.00557. The van der Waals surface area contributed by atoms with E-state index in [4.69, 9.17) is 5.73 Å². The van der Waals surface area contributed by atoms with E-state index < -0.39 is 0 Å². The van der Waals surface area contributed by atoms with Crippen LogP contribution in [0.15, 0.2) is 16.6 Å². The summed E-state index contributed by atoms with van der Waals surface area (Å²) in [6, 6.07) is 3.05. The zero-order chi connectivity index (χ0) is 13.1. The Morgan fingerprint density at radius 1 is 1.24 bits per heavy atom. The Hall–Kier alpha value is -0.770. The summed E-state index contributed by atoms with van der Waals surface area (Å²) in [5, 5.41) is 3.39. The molecule has 2 nitrogen and oxygen atoms in total. The Kier molecular flexibility index (Phi) is 4.80. The Labute approximate surface area is 111 Å². The van der Waals surface area contributed by atoms with Crippen molar-refractivity contribution in [3.63, 3.8) is 0 Å². The minimum Gasteiger partial charge on any atom is -0.397 e. The van der Waals surface area contributed by atoms with Gasteiger partial charge in [0.15, 0.2) is 0 Å². The van der Waals surface area contributed by atoms with E-state index in [1.54, 1.807) is 6.07 Å². The summed E-state index contributed by atoms with van der Waals surface area (Å²) in [4.78, 5) is 0. The standard InChI is InChI=1S/C13H20BrFN2/c1-4-13(5-2,6-3)17-12-8-10(15)9(14)7-11(12)16/h7-8,17H,4-6,16H2,1-3H3. The monoisotopic (exact) mass is 302 g/mol. The Morgan fingerprint density at radius 3 is 2.24 bits per heavy atom. The summed E-state index contributed by atoms with van der Waals surface area (Å²) in [7, 11) is 0. The minimum atomic E-state index is -0.293. The predicted molar refractivity (Wildman–Crippen MR) is 75.7 cm³/mol. The van der Waals surface area contributed by atoms with Gasteiger partial charge in [0.1, 0.15) is 5.82 Å². The Morgan fingerprint density at radius 2 is 1.76 bits per heavy atom. The number of halogens is 2. The van der Waals surface area contributed by atoms with Crippen molar-refractivity contribution < 1.29 is 4.39 Å². The zero-order valence-corrected chi connectivity index (χ0v) is 12.2. The van der Waals surface area contributed by atoms with Gasteiger partial charge < -0.3 is 11.1 Å². The Bertz CT molecular complexity index is 381. The molecule has 1 aromatic rings. The molecule has 0 bridgehead atoms. The summed E-state index contributed by atoms with van der Waals surface area (Å²) in [5.41, 5.74) is 7.14. The lowest BCUT2D eigenvalue weighted by atomic mass is 9.89. The average Bonchev–Trinajstić information content (AvgIpc) is 2.33. The largest absolute Gasteiger partial charge is 0.397 e. The van der Waals surface area contributed by atoms with Crippen LogP contribution in [-0.2, 0) is 0 Å². The first-order chi connectivity index (χ1) is 7.98. The molecule has 0 radical (unpaired) electrons.